The topological polar surface area (TPSA) is 229 Å². The highest BCUT2D eigenvalue weighted by Gasteiger charge is 2.48. The largest absolute Gasteiger partial charge is 0.508 e. The maximum Gasteiger partial charge on any atom is 0.239 e. The predicted molar refractivity (Wildman–Crippen MR) is 133 cm³/mol. The van der Waals surface area contributed by atoms with Gasteiger partial charge in [0.15, 0.2) is 12.1 Å². The van der Waals surface area contributed by atoms with Crippen LogP contribution in [0.25, 0.3) is 22.3 Å². The molecule has 0 saturated carbocycles. The van der Waals surface area contributed by atoms with Crippen LogP contribution in [0.15, 0.2) is 45.6 Å². The number of phenols is 3. The van der Waals surface area contributed by atoms with Crippen molar-refractivity contribution in [3.05, 3.63) is 46.6 Å². The standard InChI is InChI=1S/C26H28O14/c1-9-22(39-25-20(34)17(31)14(30)8-36-25)19(33)21(35)26(37-9)40-24-18(32)16-13(29)6-12(28)7-15(16)38-23(24)10-2-4-11(27)5-3-10/h2-7,9,14,17,19-22,25-31,33-35H,8H2,1H3/t9-,14+,17-,19-,20+,21+,22-,25-,26-/m0/s1. The summed E-state index contributed by atoms with van der Waals surface area (Å²) >= 11 is 0. The molecule has 3 aromatic rings. The number of aromatic hydroxyl groups is 3. The number of aliphatic hydroxyl groups excluding tert-OH is 5. The van der Waals surface area contributed by atoms with Crippen LogP contribution >= 0.6 is 0 Å². The molecule has 2 aromatic carbocycles. The van der Waals surface area contributed by atoms with Gasteiger partial charge < -0.3 is 64.2 Å². The molecule has 5 rings (SSSR count). The lowest BCUT2D eigenvalue weighted by Crippen LogP contribution is -2.62. The van der Waals surface area contributed by atoms with Crippen molar-refractivity contribution < 1.29 is 64.2 Å². The van der Waals surface area contributed by atoms with Crippen LogP contribution in [0.2, 0.25) is 0 Å². The average Bonchev–Trinajstić information content (AvgIpc) is 2.90. The number of hydrogen-bond acceptors (Lipinski definition) is 14. The Kier molecular flexibility index (Phi) is 7.60. The van der Waals surface area contributed by atoms with Crippen LogP contribution in [0.4, 0.5) is 0 Å². The monoisotopic (exact) mass is 564 g/mol. The van der Waals surface area contributed by atoms with Gasteiger partial charge in [0.05, 0.1) is 12.7 Å². The van der Waals surface area contributed by atoms with E-state index in [4.69, 9.17) is 23.4 Å². The van der Waals surface area contributed by atoms with Crippen molar-refractivity contribution in [1.29, 1.82) is 0 Å². The fourth-order valence-electron chi connectivity index (χ4n) is 4.64. The van der Waals surface area contributed by atoms with Crippen molar-refractivity contribution >= 4 is 11.0 Å². The van der Waals surface area contributed by atoms with Crippen molar-refractivity contribution in [1.82, 2.24) is 0 Å². The van der Waals surface area contributed by atoms with Crippen LogP contribution in [-0.2, 0) is 14.2 Å². The summed E-state index contributed by atoms with van der Waals surface area (Å²) in [5.74, 6) is -1.75. The molecule has 2 saturated heterocycles. The number of ether oxygens (including phenoxy) is 4. The van der Waals surface area contributed by atoms with Gasteiger partial charge in [-0.05, 0) is 31.2 Å². The average molecular weight is 564 g/mol. The first-order valence-corrected chi connectivity index (χ1v) is 12.3. The van der Waals surface area contributed by atoms with Gasteiger partial charge in [0, 0.05) is 17.7 Å². The van der Waals surface area contributed by atoms with Crippen LogP contribution in [0.1, 0.15) is 6.92 Å². The molecule has 2 aliphatic heterocycles. The van der Waals surface area contributed by atoms with E-state index in [9.17, 15) is 45.6 Å². The molecule has 0 spiro atoms. The minimum atomic E-state index is -1.83. The summed E-state index contributed by atoms with van der Waals surface area (Å²) < 4.78 is 28.0. The first-order chi connectivity index (χ1) is 19.0. The maximum atomic E-state index is 13.5. The Morgan fingerprint density at radius 2 is 1.52 bits per heavy atom. The lowest BCUT2D eigenvalue weighted by molar-refractivity contribution is -0.334. The second-order valence-corrected chi connectivity index (χ2v) is 9.63. The highest BCUT2D eigenvalue weighted by Crippen LogP contribution is 2.38. The Balaban J connectivity index is 1.46. The van der Waals surface area contributed by atoms with Gasteiger partial charge in [-0.15, -0.1) is 0 Å². The smallest absolute Gasteiger partial charge is 0.239 e. The van der Waals surface area contributed by atoms with E-state index in [-0.39, 0.29) is 40.4 Å². The molecule has 0 bridgehead atoms. The summed E-state index contributed by atoms with van der Waals surface area (Å²) in [6.07, 6.45) is -13.5. The highest BCUT2D eigenvalue weighted by molar-refractivity contribution is 5.88. The van der Waals surface area contributed by atoms with Gasteiger partial charge in [0.25, 0.3) is 0 Å². The Bertz CT molecular complexity index is 1420. The molecule has 0 amide bonds. The molecular weight excluding hydrogens is 536 g/mol. The van der Waals surface area contributed by atoms with Crippen LogP contribution in [0.3, 0.4) is 0 Å². The molecule has 0 aliphatic carbocycles. The molecule has 14 heteroatoms. The Labute approximate surface area is 225 Å². The van der Waals surface area contributed by atoms with E-state index in [0.29, 0.717) is 0 Å². The number of phenolic OH excluding ortho intramolecular Hbond substituents is 3. The zero-order valence-electron chi connectivity index (χ0n) is 20.9. The molecule has 0 unspecified atom stereocenters. The minimum absolute atomic E-state index is 0.0761. The summed E-state index contributed by atoms with van der Waals surface area (Å²) in [6, 6.07) is 7.51. The van der Waals surface area contributed by atoms with Crippen molar-refractivity contribution in [2.75, 3.05) is 6.61 Å². The fourth-order valence-corrected chi connectivity index (χ4v) is 4.64. The molecule has 2 fully saturated rings. The SMILES string of the molecule is C[C@@H]1O[C@@H](Oc2c(-c3ccc(O)cc3)oc3cc(O)cc(O)c3c2=O)[C@H](O)[C@H](O)[C@H]1O[C@@H]1OC[C@@H](O)[C@H](O)[C@H]1O. The number of benzene rings is 2. The first-order valence-electron chi connectivity index (χ1n) is 12.3. The fraction of sp³-hybridized carbons (Fsp3) is 0.423. The van der Waals surface area contributed by atoms with E-state index in [2.05, 4.69) is 0 Å². The van der Waals surface area contributed by atoms with E-state index in [0.717, 1.165) is 12.1 Å². The van der Waals surface area contributed by atoms with Crippen molar-refractivity contribution in [2.24, 2.45) is 0 Å². The van der Waals surface area contributed by atoms with Gasteiger partial charge in [-0.2, -0.15) is 0 Å². The summed E-state index contributed by atoms with van der Waals surface area (Å²) in [5.41, 5.74) is -0.813. The second-order valence-electron chi connectivity index (χ2n) is 9.63. The Morgan fingerprint density at radius 3 is 2.23 bits per heavy atom. The third-order valence-electron chi connectivity index (χ3n) is 6.80. The number of fused-ring (bicyclic) bond motifs is 1. The third kappa shape index (κ3) is 5.07. The zero-order chi connectivity index (χ0) is 28.9. The van der Waals surface area contributed by atoms with Gasteiger partial charge in [0.2, 0.25) is 17.5 Å². The van der Waals surface area contributed by atoms with E-state index >= 15 is 0 Å². The predicted octanol–water partition coefficient (Wildman–Crippen LogP) is -0.754. The second kappa shape index (κ2) is 10.8. The van der Waals surface area contributed by atoms with Crippen molar-refractivity contribution in [3.8, 4) is 34.3 Å². The molecule has 9 atom stereocenters. The summed E-state index contributed by atoms with van der Waals surface area (Å²) in [5, 5.41) is 81.0. The molecule has 40 heavy (non-hydrogen) atoms. The zero-order valence-corrected chi connectivity index (χ0v) is 20.9. The Hall–Kier alpha value is -3.47. The lowest BCUT2D eigenvalue weighted by Gasteiger charge is -2.44. The molecule has 216 valence electrons. The molecule has 2 aliphatic rings. The molecular formula is C26H28O14. The molecule has 1 aromatic heterocycles. The van der Waals surface area contributed by atoms with Crippen LogP contribution in [-0.4, -0.2) is 103 Å². The van der Waals surface area contributed by atoms with E-state index < -0.39 is 72.2 Å². The highest BCUT2D eigenvalue weighted by atomic mass is 16.7. The molecule has 0 radical (unpaired) electrons. The lowest BCUT2D eigenvalue weighted by atomic mass is 9.99. The van der Waals surface area contributed by atoms with Crippen molar-refractivity contribution in [2.45, 2.75) is 62.2 Å². The summed E-state index contributed by atoms with van der Waals surface area (Å²) in [4.78, 5) is 13.5. The quantitative estimate of drug-likeness (QED) is 0.191. The first kappa shape index (κ1) is 28.1. The van der Waals surface area contributed by atoms with E-state index in [1.165, 1.54) is 31.2 Å². The van der Waals surface area contributed by atoms with Crippen LogP contribution in [0, 0.1) is 0 Å². The van der Waals surface area contributed by atoms with E-state index in [1.807, 2.05) is 0 Å². The Morgan fingerprint density at radius 1 is 0.850 bits per heavy atom. The minimum Gasteiger partial charge on any atom is -0.508 e. The molecule has 8 N–H and O–H groups in total. The van der Waals surface area contributed by atoms with Crippen LogP contribution < -0.4 is 10.2 Å². The summed E-state index contributed by atoms with van der Waals surface area (Å²) in [6.45, 7) is 1.10. The third-order valence-corrected chi connectivity index (χ3v) is 6.80. The maximum absolute atomic E-state index is 13.5. The van der Waals surface area contributed by atoms with Gasteiger partial charge >= 0.3 is 0 Å². The van der Waals surface area contributed by atoms with E-state index in [1.54, 1.807) is 0 Å². The number of hydrogen-bond donors (Lipinski definition) is 8. The summed E-state index contributed by atoms with van der Waals surface area (Å²) in [7, 11) is 0. The molecule has 14 nitrogen and oxygen atoms in total. The van der Waals surface area contributed by atoms with Gasteiger partial charge in [-0.3, -0.25) is 4.79 Å². The molecule has 3 heterocycles. The normalized spacial score (nSPS) is 32.7. The van der Waals surface area contributed by atoms with Gasteiger partial charge in [-0.1, -0.05) is 0 Å². The van der Waals surface area contributed by atoms with Crippen LogP contribution in [0.5, 0.6) is 23.0 Å². The number of aliphatic hydroxyl groups is 5. The van der Waals surface area contributed by atoms with Crippen molar-refractivity contribution in [3.63, 3.8) is 0 Å². The number of rotatable bonds is 5. The van der Waals surface area contributed by atoms with Gasteiger partial charge in [-0.25, -0.2) is 0 Å². The van der Waals surface area contributed by atoms with Gasteiger partial charge in [0.1, 0.15) is 64.8 Å².